The molecule has 2 aliphatic heterocycles. The zero-order chi connectivity index (χ0) is 15.2. The van der Waals surface area contributed by atoms with Crippen molar-refractivity contribution in [3.05, 3.63) is 5.82 Å². The van der Waals surface area contributed by atoms with E-state index in [4.69, 9.17) is 5.73 Å². The number of nitrogens with zero attached hydrogens (tertiary/aromatic N) is 5. The summed E-state index contributed by atoms with van der Waals surface area (Å²) in [6.45, 7) is 2.61. The highest BCUT2D eigenvalue weighted by Gasteiger charge is 2.56. The molecule has 10 heteroatoms. The lowest BCUT2D eigenvalue weighted by molar-refractivity contribution is -0.156. The van der Waals surface area contributed by atoms with Crippen LogP contribution >= 0.6 is 11.8 Å². The average Bonchev–Trinajstić information content (AvgIpc) is 2.93. The van der Waals surface area contributed by atoms with Crippen molar-refractivity contribution in [3.8, 4) is 0 Å². The summed E-state index contributed by atoms with van der Waals surface area (Å²) in [6, 6.07) is -0.511. The first-order chi connectivity index (χ1) is 9.98. The lowest BCUT2D eigenvalue weighted by atomic mass is 9.83. The van der Waals surface area contributed by atoms with Gasteiger partial charge in [0.25, 0.3) is 0 Å². The number of carboxylic acid groups (broad SMARTS) is 1. The van der Waals surface area contributed by atoms with Crippen molar-refractivity contribution < 1.29 is 14.7 Å². The maximum Gasteiger partial charge on any atom is 0.312 e. The minimum Gasteiger partial charge on any atom is -0.481 e. The van der Waals surface area contributed by atoms with E-state index in [0.717, 1.165) is 0 Å². The molecule has 2 unspecified atom stereocenters. The van der Waals surface area contributed by atoms with Crippen LogP contribution in [0.3, 0.4) is 0 Å². The van der Waals surface area contributed by atoms with Crippen molar-refractivity contribution in [1.82, 2.24) is 25.1 Å². The van der Waals surface area contributed by atoms with E-state index >= 15 is 0 Å². The molecule has 1 aromatic rings. The normalized spacial score (nSPS) is 31.7. The molecular weight excluding hydrogens is 296 g/mol. The third kappa shape index (κ3) is 2.09. The summed E-state index contributed by atoms with van der Waals surface area (Å²) in [7, 11) is 0. The molecule has 2 aliphatic rings. The Morgan fingerprint density at radius 2 is 2.38 bits per heavy atom. The summed E-state index contributed by atoms with van der Waals surface area (Å²) >= 11 is 1.42. The molecule has 1 aromatic heterocycles. The molecule has 3 rings (SSSR count). The van der Waals surface area contributed by atoms with Gasteiger partial charge in [-0.3, -0.25) is 9.59 Å². The molecule has 21 heavy (non-hydrogen) atoms. The number of hydrogen-bond donors (Lipinski definition) is 2. The first-order valence-electron chi connectivity index (χ1n) is 6.64. The summed E-state index contributed by atoms with van der Waals surface area (Å²) in [6.07, 6.45) is 0.196. The van der Waals surface area contributed by atoms with Gasteiger partial charge >= 0.3 is 5.97 Å². The monoisotopic (exact) mass is 312 g/mol. The Morgan fingerprint density at radius 3 is 3.05 bits per heavy atom. The largest absolute Gasteiger partial charge is 0.481 e. The van der Waals surface area contributed by atoms with Crippen molar-refractivity contribution in [1.29, 1.82) is 0 Å². The molecule has 0 spiro atoms. The SMILES string of the molecule is CCn1nnnc1CC1(C(=O)O)CS[C@@H]2C(N)C(=O)N2C1. The predicted octanol–water partition coefficient (Wildman–Crippen LogP) is -1.45. The lowest BCUT2D eigenvalue weighted by Gasteiger charge is -2.52. The number of β-lactam (4-membered cyclic amide) rings is 1. The number of hydrogen-bond acceptors (Lipinski definition) is 7. The topological polar surface area (TPSA) is 127 Å². The van der Waals surface area contributed by atoms with E-state index in [1.54, 1.807) is 9.58 Å². The third-order valence-corrected chi connectivity index (χ3v) is 5.65. The van der Waals surface area contributed by atoms with Gasteiger partial charge in [0, 0.05) is 25.3 Å². The van der Waals surface area contributed by atoms with Gasteiger partial charge in [0.15, 0.2) is 5.82 Å². The maximum atomic E-state index is 11.8. The minimum absolute atomic E-state index is 0.104. The molecule has 0 aromatic carbocycles. The number of amides is 1. The molecule has 114 valence electrons. The summed E-state index contributed by atoms with van der Waals surface area (Å²) in [5, 5.41) is 20.9. The van der Waals surface area contributed by atoms with E-state index < -0.39 is 17.4 Å². The van der Waals surface area contributed by atoms with E-state index in [0.29, 0.717) is 18.1 Å². The molecule has 0 bridgehead atoms. The quantitative estimate of drug-likeness (QED) is 0.646. The molecule has 3 heterocycles. The van der Waals surface area contributed by atoms with Gasteiger partial charge in [-0.05, 0) is 17.4 Å². The average molecular weight is 312 g/mol. The Kier molecular flexibility index (Phi) is 3.36. The highest BCUT2D eigenvalue weighted by atomic mass is 32.2. The number of aromatic nitrogens is 4. The summed E-state index contributed by atoms with van der Waals surface area (Å²) in [5.41, 5.74) is 4.66. The highest BCUT2D eigenvalue weighted by molar-refractivity contribution is 8.00. The van der Waals surface area contributed by atoms with Crippen molar-refractivity contribution in [2.45, 2.75) is 31.3 Å². The van der Waals surface area contributed by atoms with Crippen molar-refractivity contribution in [2.75, 3.05) is 12.3 Å². The van der Waals surface area contributed by atoms with Crippen LogP contribution in [0.2, 0.25) is 0 Å². The number of carbonyl (C=O) groups is 2. The zero-order valence-electron chi connectivity index (χ0n) is 11.5. The highest BCUT2D eigenvalue weighted by Crippen LogP contribution is 2.42. The summed E-state index contributed by atoms with van der Waals surface area (Å²) < 4.78 is 1.57. The number of aliphatic carboxylic acids is 1. The number of rotatable bonds is 4. The molecule has 2 fully saturated rings. The number of nitrogens with two attached hydrogens (primary N) is 1. The minimum atomic E-state index is -1.07. The standard InChI is InChI=1S/C11H16N6O3S/c1-2-17-6(13-14-15-17)3-11(10(19)20)4-16-8(18)7(12)9(16)21-5-11/h7,9H,2-5,12H2,1H3,(H,19,20)/t7?,9-,11?/m1/s1. The van der Waals surface area contributed by atoms with Crippen molar-refractivity contribution in [3.63, 3.8) is 0 Å². The van der Waals surface area contributed by atoms with Crippen LogP contribution in [-0.2, 0) is 22.6 Å². The molecule has 1 amide bonds. The zero-order valence-corrected chi connectivity index (χ0v) is 12.3. The maximum absolute atomic E-state index is 11.8. The molecule has 0 aliphatic carbocycles. The second-order valence-electron chi connectivity index (χ2n) is 5.37. The van der Waals surface area contributed by atoms with Crippen LogP contribution in [-0.4, -0.2) is 65.8 Å². The summed E-state index contributed by atoms with van der Waals surface area (Å²) in [4.78, 5) is 25.1. The molecule has 3 N–H and O–H groups in total. The van der Waals surface area contributed by atoms with Gasteiger partial charge in [-0.15, -0.1) is 16.9 Å². The van der Waals surface area contributed by atoms with Gasteiger partial charge < -0.3 is 15.7 Å². The first kappa shape index (κ1) is 14.3. The number of carbonyl (C=O) groups excluding carboxylic acids is 1. The number of carboxylic acids is 1. The van der Waals surface area contributed by atoms with Crippen LogP contribution < -0.4 is 5.73 Å². The Hall–Kier alpha value is -1.68. The fourth-order valence-electron chi connectivity index (χ4n) is 2.74. The van der Waals surface area contributed by atoms with Crippen LogP contribution in [0, 0.1) is 5.41 Å². The third-order valence-electron chi connectivity index (χ3n) is 4.04. The molecule has 2 saturated heterocycles. The van der Waals surface area contributed by atoms with Crippen molar-refractivity contribution in [2.24, 2.45) is 11.1 Å². The second-order valence-corrected chi connectivity index (χ2v) is 6.47. The molecule has 0 saturated carbocycles. The van der Waals surface area contributed by atoms with Crippen LogP contribution in [0.5, 0.6) is 0 Å². The van der Waals surface area contributed by atoms with Gasteiger partial charge in [0.2, 0.25) is 5.91 Å². The van der Waals surface area contributed by atoms with Gasteiger partial charge in [0.05, 0.1) is 0 Å². The fraction of sp³-hybridized carbons (Fsp3) is 0.727. The second kappa shape index (κ2) is 4.95. The number of fused-ring (bicyclic) bond motifs is 1. The predicted molar refractivity (Wildman–Crippen MR) is 73.2 cm³/mol. The van der Waals surface area contributed by atoms with Gasteiger partial charge in [-0.25, -0.2) is 4.68 Å². The van der Waals surface area contributed by atoms with E-state index in [2.05, 4.69) is 15.5 Å². The molecular formula is C11H16N6O3S. The Labute approximate surface area is 124 Å². The number of thioether (sulfide) groups is 1. The van der Waals surface area contributed by atoms with Crippen LogP contribution in [0.15, 0.2) is 0 Å². The fourth-order valence-corrected chi connectivity index (χ4v) is 4.23. The lowest BCUT2D eigenvalue weighted by Crippen LogP contribution is -2.72. The van der Waals surface area contributed by atoms with Gasteiger partial charge in [-0.1, -0.05) is 0 Å². The molecule has 0 radical (unpaired) electrons. The van der Waals surface area contributed by atoms with Crippen LogP contribution in [0.1, 0.15) is 12.7 Å². The van der Waals surface area contributed by atoms with Crippen LogP contribution in [0.4, 0.5) is 0 Å². The Balaban J connectivity index is 1.85. The molecule has 9 nitrogen and oxygen atoms in total. The summed E-state index contributed by atoms with van der Waals surface area (Å²) in [5.74, 6) is -0.211. The van der Waals surface area contributed by atoms with E-state index in [9.17, 15) is 14.7 Å². The van der Waals surface area contributed by atoms with E-state index in [1.165, 1.54) is 11.8 Å². The Bertz CT molecular complexity index is 592. The van der Waals surface area contributed by atoms with Crippen LogP contribution in [0.25, 0.3) is 0 Å². The first-order valence-corrected chi connectivity index (χ1v) is 7.69. The van der Waals surface area contributed by atoms with Gasteiger partial charge in [-0.2, -0.15) is 0 Å². The van der Waals surface area contributed by atoms with Gasteiger partial charge in [0.1, 0.15) is 16.8 Å². The van der Waals surface area contributed by atoms with E-state index in [-0.39, 0.29) is 24.2 Å². The van der Waals surface area contributed by atoms with Crippen molar-refractivity contribution >= 4 is 23.6 Å². The smallest absolute Gasteiger partial charge is 0.312 e. The number of tetrazole rings is 1. The molecule has 3 atom stereocenters. The number of aryl methyl sites for hydroxylation is 1. The Morgan fingerprint density at radius 1 is 1.62 bits per heavy atom. The van der Waals surface area contributed by atoms with E-state index in [1.807, 2.05) is 6.92 Å².